The molecule has 1 aromatic heterocycles. The topological polar surface area (TPSA) is 38.7 Å². The first kappa shape index (κ1) is 34.3. The highest BCUT2D eigenvalue weighted by Crippen LogP contribution is 2.52. The van der Waals surface area contributed by atoms with Crippen LogP contribution in [0.3, 0.4) is 0 Å². The van der Waals surface area contributed by atoms with Crippen LogP contribution in [-0.4, -0.2) is 15.0 Å². The third-order valence-corrected chi connectivity index (χ3v) is 11.3. The summed E-state index contributed by atoms with van der Waals surface area (Å²) in [5.74, 6) is 1.91. The summed E-state index contributed by atoms with van der Waals surface area (Å²) < 4.78 is 0. The summed E-state index contributed by atoms with van der Waals surface area (Å²) in [6, 6.07) is 71.0. The fourth-order valence-corrected chi connectivity index (χ4v) is 8.37. The molecule has 0 aliphatic heterocycles. The first-order valence-corrected chi connectivity index (χ1v) is 19.5. The van der Waals surface area contributed by atoms with Crippen LogP contribution in [0.15, 0.2) is 200 Å². The molecule has 0 fully saturated rings. The Hall–Kier alpha value is -7.23. The van der Waals surface area contributed by atoms with Crippen LogP contribution >= 0.6 is 0 Å². The van der Waals surface area contributed by atoms with Gasteiger partial charge in [0, 0.05) is 22.1 Å². The number of benzene rings is 8. The van der Waals surface area contributed by atoms with Gasteiger partial charge in [0.25, 0.3) is 0 Å². The lowest BCUT2D eigenvalue weighted by molar-refractivity contribution is 0.660. The summed E-state index contributed by atoms with van der Waals surface area (Å²) in [6.07, 6.45) is 0. The normalized spacial score (nSPS) is 12.5. The Morgan fingerprint density at radius 3 is 1.26 bits per heavy atom. The molecule has 3 heteroatoms. The van der Waals surface area contributed by atoms with Gasteiger partial charge < -0.3 is 0 Å². The molecule has 0 spiro atoms. The molecule has 57 heavy (non-hydrogen) atoms. The number of aromatic nitrogens is 3. The highest BCUT2D eigenvalue weighted by molar-refractivity contribution is 5.93. The maximum Gasteiger partial charge on any atom is 0.164 e. The lowest BCUT2D eigenvalue weighted by Crippen LogP contribution is -2.15. The molecular formula is C54H39N3. The van der Waals surface area contributed by atoms with Gasteiger partial charge in [-0.05, 0) is 97.1 Å². The molecule has 9 aromatic rings. The van der Waals surface area contributed by atoms with Gasteiger partial charge in [-0.2, -0.15) is 0 Å². The van der Waals surface area contributed by atoms with E-state index in [-0.39, 0.29) is 5.41 Å². The monoisotopic (exact) mass is 729 g/mol. The Morgan fingerprint density at radius 2 is 0.667 bits per heavy atom. The van der Waals surface area contributed by atoms with Gasteiger partial charge in [0.1, 0.15) is 0 Å². The fourth-order valence-electron chi connectivity index (χ4n) is 8.37. The highest BCUT2D eigenvalue weighted by Gasteiger charge is 2.36. The molecule has 0 amide bonds. The molecule has 0 unspecified atom stereocenters. The van der Waals surface area contributed by atoms with E-state index in [1.54, 1.807) is 0 Å². The van der Waals surface area contributed by atoms with Crippen molar-refractivity contribution in [2.75, 3.05) is 0 Å². The molecule has 8 aromatic carbocycles. The maximum atomic E-state index is 5.12. The second-order valence-electron chi connectivity index (χ2n) is 15.3. The molecule has 0 N–H and O–H groups in total. The van der Waals surface area contributed by atoms with Crippen LogP contribution in [-0.2, 0) is 5.41 Å². The van der Waals surface area contributed by atoms with Crippen LogP contribution in [0, 0.1) is 0 Å². The molecule has 0 saturated heterocycles. The molecule has 1 heterocycles. The number of nitrogens with zero attached hydrogens (tertiary/aromatic N) is 3. The van der Waals surface area contributed by atoms with Crippen LogP contribution in [0.5, 0.6) is 0 Å². The first-order chi connectivity index (χ1) is 28.0. The van der Waals surface area contributed by atoms with Crippen LogP contribution in [0.1, 0.15) is 25.0 Å². The van der Waals surface area contributed by atoms with E-state index in [1.165, 1.54) is 44.5 Å². The number of hydrogen-bond acceptors (Lipinski definition) is 3. The molecule has 1 aliphatic carbocycles. The fraction of sp³-hybridized carbons (Fsp3) is 0.0556. The Balaban J connectivity index is 1.08. The predicted octanol–water partition coefficient (Wildman–Crippen LogP) is 13.8. The zero-order valence-corrected chi connectivity index (χ0v) is 31.9. The zero-order valence-electron chi connectivity index (χ0n) is 31.9. The van der Waals surface area contributed by atoms with Crippen molar-refractivity contribution in [3.63, 3.8) is 0 Å². The van der Waals surface area contributed by atoms with Crippen molar-refractivity contribution >= 4 is 0 Å². The van der Waals surface area contributed by atoms with Crippen molar-refractivity contribution in [1.29, 1.82) is 0 Å². The molecule has 10 rings (SSSR count). The Morgan fingerprint density at radius 1 is 0.263 bits per heavy atom. The minimum absolute atomic E-state index is 0.104. The summed E-state index contributed by atoms with van der Waals surface area (Å²) in [5, 5.41) is 0. The van der Waals surface area contributed by atoms with Crippen LogP contribution in [0.2, 0.25) is 0 Å². The smallest absolute Gasteiger partial charge is 0.164 e. The van der Waals surface area contributed by atoms with Gasteiger partial charge in [0.2, 0.25) is 0 Å². The van der Waals surface area contributed by atoms with E-state index in [0.717, 1.165) is 38.9 Å². The van der Waals surface area contributed by atoms with E-state index in [1.807, 2.05) is 36.4 Å². The van der Waals surface area contributed by atoms with Gasteiger partial charge in [0.05, 0.1) is 0 Å². The van der Waals surface area contributed by atoms with Crippen LogP contribution in [0.25, 0.3) is 89.8 Å². The molecule has 0 atom stereocenters. The van der Waals surface area contributed by atoms with E-state index >= 15 is 0 Å². The van der Waals surface area contributed by atoms with Gasteiger partial charge in [-0.3, -0.25) is 0 Å². The van der Waals surface area contributed by atoms with Gasteiger partial charge in [-0.15, -0.1) is 0 Å². The summed E-state index contributed by atoms with van der Waals surface area (Å²) in [5.41, 5.74) is 17.4. The SMILES string of the molecule is CC1(C)c2ccccc2-c2cc(-c3ccccc3)c(-c3cccc(-c4cccc(-c5nc(-c6ccccc6)nc(-c6cccc(-c7ccccc7)c6)n5)c4)c3)cc21. The zero-order chi connectivity index (χ0) is 38.3. The average molecular weight is 730 g/mol. The first-order valence-electron chi connectivity index (χ1n) is 19.5. The Bertz CT molecular complexity index is 2910. The lowest BCUT2D eigenvalue weighted by atomic mass is 9.80. The largest absolute Gasteiger partial charge is 0.208 e. The Labute approximate surface area is 334 Å². The van der Waals surface area contributed by atoms with Gasteiger partial charge in [-0.1, -0.05) is 184 Å². The highest BCUT2D eigenvalue weighted by atomic mass is 15.0. The van der Waals surface area contributed by atoms with Gasteiger partial charge in [-0.25, -0.2) is 15.0 Å². The molecule has 3 nitrogen and oxygen atoms in total. The lowest BCUT2D eigenvalue weighted by Gasteiger charge is -2.23. The summed E-state index contributed by atoms with van der Waals surface area (Å²) >= 11 is 0. The van der Waals surface area contributed by atoms with Gasteiger partial charge in [0.15, 0.2) is 17.5 Å². The standard InChI is InChI=1S/C54H39N3/c1-54(2)49-30-13-12-29-45(49)48-34-46(37-19-8-4-9-20-37)47(35-50(48)54)42-26-14-24-40(31-42)41-25-16-28-44(33-41)53-56-51(38-21-10-5-11-22-38)55-52(57-53)43-27-15-23-39(32-43)36-17-6-3-7-18-36/h3-35H,1-2H3. The molecule has 0 radical (unpaired) electrons. The van der Waals surface area contributed by atoms with Crippen molar-refractivity contribution in [2.24, 2.45) is 0 Å². The predicted molar refractivity (Wildman–Crippen MR) is 235 cm³/mol. The summed E-state index contributed by atoms with van der Waals surface area (Å²) in [4.78, 5) is 15.2. The van der Waals surface area contributed by atoms with Crippen molar-refractivity contribution in [3.8, 4) is 89.8 Å². The van der Waals surface area contributed by atoms with E-state index in [4.69, 9.17) is 15.0 Å². The quantitative estimate of drug-likeness (QED) is 0.164. The minimum Gasteiger partial charge on any atom is -0.208 e. The van der Waals surface area contributed by atoms with Crippen LogP contribution < -0.4 is 0 Å². The van der Waals surface area contributed by atoms with Crippen LogP contribution in [0.4, 0.5) is 0 Å². The number of rotatable bonds is 7. The molecule has 270 valence electrons. The number of fused-ring (bicyclic) bond motifs is 3. The third kappa shape index (κ3) is 6.33. The van der Waals surface area contributed by atoms with E-state index in [0.29, 0.717) is 17.5 Å². The van der Waals surface area contributed by atoms with E-state index in [2.05, 4.69) is 178 Å². The summed E-state index contributed by atoms with van der Waals surface area (Å²) in [6.45, 7) is 4.70. The maximum absolute atomic E-state index is 5.12. The van der Waals surface area contributed by atoms with Crippen molar-refractivity contribution in [3.05, 3.63) is 211 Å². The van der Waals surface area contributed by atoms with Crippen molar-refractivity contribution < 1.29 is 0 Å². The van der Waals surface area contributed by atoms with Gasteiger partial charge >= 0.3 is 0 Å². The Kier molecular flexibility index (Phi) is 8.49. The van der Waals surface area contributed by atoms with Crippen molar-refractivity contribution in [1.82, 2.24) is 15.0 Å². The third-order valence-electron chi connectivity index (χ3n) is 11.3. The molecule has 0 bridgehead atoms. The average Bonchev–Trinajstić information content (AvgIpc) is 3.51. The minimum atomic E-state index is -0.104. The second kappa shape index (κ2) is 14.1. The molecule has 1 aliphatic rings. The molecular weight excluding hydrogens is 691 g/mol. The number of hydrogen-bond donors (Lipinski definition) is 0. The summed E-state index contributed by atoms with van der Waals surface area (Å²) in [7, 11) is 0. The van der Waals surface area contributed by atoms with E-state index < -0.39 is 0 Å². The second-order valence-corrected chi connectivity index (χ2v) is 15.3. The molecule has 0 saturated carbocycles. The van der Waals surface area contributed by atoms with Crippen molar-refractivity contribution in [2.45, 2.75) is 19.3 Å². The van der Waals surface area contributed by atoms with E-state index in [9.17, 15) is 0 Å².